The molecule has 2 aromatic carbocycles. The lowest BCUT2D eigenvalue weighted by molar-refractivity contribution is -0.644. The van der Waals surface area contributed by atoms with Gasteiger partial charge in [0.15, 0.2) is 6.20 Å². The molecule has 0 amide bonds. The predicted molar refractivity (Wildman–Crippen MR) is 98.8 cm³/mol. The molecule has 0 bridgehead atoms. The Morgan fingerprint density at radius 2 is 1.96 bits per heavy atom. The number of anilines is 1. The topological polar surface area (TPSA) is 7.12 Å². The third kappa shape index (κ3) is 2.50. The van der Waals surface area contributed by atoms with Crippen molar-refractivity contribution in [2.75, 3.05) is 11.9 Å². The van der Waals surface area contributed by atoms with E-state index >= 15 is 0 Å². The summed E-state index contributed by atoms with van der Waals surface area (Å²) in [6, 6.07) is 16.7. The molecule has 3 aromatic rings. The molecule has 0 radical (unpaired) electrons. The Kier molecular flexibility index (Phi) is 3.55. The molecule has 0 saturated carbocycles. The van der Waals surface area contributed by atoms with Gasteiger partial charge >= 0.3 is 0 Å². The Hall–Kier alpha value is -1.97. The molecule has 114 valence electrons. The summed E-state index contributed by atoms with van der Waals surface area (Å²) in [6.45, 7) is 0. The molecule has 0 atom stereocenters. The van der Waals surface area contributed by atoms with Crippen LogP contribution < -0.4 is 9.47 Å². The van der Waals surface area contributed by atoms with Crippen LogP contribution in [0, 0.1) is 0 Å². The fourth-order valence-corrected chi connectivity index (χ4v) is 4.30. The molecular formula is C19H16ClN2S+. The van der Waals surface area contributed by atoms with Gasteiger partial charge in [0, 0.05) is 29.1 Å². The highest BCUT2D eigenvalue weighted by atomic mass is 35.5. The van der Waals surface area contributed by atoms with Crippen LogP contribution in [0.15, 0.2) is 64.7 Å². The van der Waals surface area contributed by atoms with Crippen LogP contribution in [0.1, 0.15) is 5.56 Å². The van der Waals surface area contributed by atoms with Crippen molar-refractivity contribution >= 4 is 46.0 Å². The number of nitrogens with zero attached hydrogens (tertiary/aromatic N) is 2. The van der Waals surface area contributed by atoms with Gasteiger partial charge in [-0.05, 0) is 35.9 Å². The highest BCUT2D eigenvalue weighted by molar-refractivity contribution is 8.03. The summed E-state index contributed by atoms with van der Waals surface area (Å²) in [6.07, 6.45) is 4.36. The molecule has 4 rings (SSSR count). The summed E-state index contributed by atoms with van der Waals surface area (Å²) in [4.78, 5) is 3.43. The summed E-state index contributed by atoms with van der Waals surface area (Å²) in [5, 5.41) is 3.25. The molecule has 0 spiro atoms. The van der Waals surface area contributed by atoms with Gasteiger partial charge in [-0.15, -0.1) is 0 Å². The van der Waals surface area contributed by atoms with E-state index < -0.39 is 0 Å². The van der Waals surface area contributed by atoms with E-state index in [1.165, 1.54) is 32.1 Å². The van der Waals surface area contributed by atoms with Gasteiger partial charge in [-0.1, -0.05) is 35.5 Å². The first-order valence-electron chi connectivity index (χ1n) is 7.44. The monoisotopic (exact) mass is 339 g/mol. The van der Waals surface area contributed by atoms with Crippen molar-refractivity contribution in [1.82, 2.24) is 0 Å². The van der Waals surface area contributed by atoms with E-state index in [1.807, 2.05) is 12.1 Å². The summed E-state index contributed by atoms with van der Waals surface area (Å²) >= 11 is 7.88. The number of thioether (sulfide) groups is 1. The maximum Gasteiger partial charge on any atom is 0.212 e. The number of rotatable bonds is 1. The van der Waals surface area contributed by atoms with Gasteiger partial charge in [-0.3, -0.25) is 0 Å². The minimum Gasteiger partial charge on any atom is -0.338 e. The third-order valence-electron chi connectivity index (χ3n) is 4.18. The van der Waals surface area contributed by atoms with Crippen LogP contribution in [-0.4, -0.2) is 7.05 Å². The first-order chi connectivity index (χ1) is 11.1. The summed E-state index contributed by atoms with van der Waals surface area (Å²) in [5.41, 5.74) is 3.66. The van der Waals surface area contributed by atoms with Crippen molar-refractivity contribution in [3.8, 4) is 0 Å². The molecule has 0 fully saturated rings. The van der Waals surface area contributed by atoms with E-state index in [0.29, 0.717) is 0 Å². The fraction of sp³-hybridized carbons (Fsp3) is 0.105. The smallest absolute Gasteiger partial charge is 0.212 e. The van der Waals surface area contributed by atoms with Crippen LogP contribution >= 0.6 is 23.4 Å². The fourth-order valence-electron chi connectivity index (χ4n) is 2.92. The molecular weight excluding hydrogens is 324 g/mol. The van der Waals surface area contributed by atoms with Crippen molar-refractivity contribution in [1.29, 1.82) is 0 Å². The maximum atomic E-state index is 6.12. The molecule has 4 heteroatoms. The average molecular weight is 340 g/mol. The van der Waals surface area contributed by atoms with Crippen LogP contribution in [0.4, 0.5) is 5.69 Å². The molecule has 2 heterocycles. The van der Waals surface area contributed by atoms with Gasteiger partial charge in [-0.25, -0.2) is 4.57 Å². The second-order valence-corrected chi connectivity index (χ2v) is 7.15. The van der Waals surface area contributed by atoms with Gasteiger partial charge < -0.3 is 4.90 Å². The minimum atomic E-state index is 0.781. The normalized spacial score (nSPS) is 15.4. The van der Waals surface area contributed by atoms with Crippen LogP contribution in [0.2, 0.25) is 5.02 Å². The first kappa shape index (κ1) is 14.6. The molecule has 1 aliphatic rings. The van der Waals surface area contributed by atoms with Crippen molar-refractivity contribution in [2.45, 2.75) is 4.90 Å². The number of halogens is 1. The molecule has 1 aliphatic heterocycles. The van der Waals surface area contributed by atoms with E-state index in [0.717, 1.165) is 5.02 Å². The van der Waals surface area contributed by atoms with E-state index in [4.69, 9.17) is 11.6 Å². The number of fused-ring (bicyclic) bond motifs is 2. The van der Waals surface area contributed by atoms with E-state index in [2.05, 4.69) is 72.2 Å². The first-order valence-corrected chi connectivity index (χ1v) is 8.63. The van der Waals surface area contributed by atoms with Gasteiger partial charge in [0.1, 0.15) is 7.05 Å². The van der Waals surface area contributed by atoms with E-state index in [9.17, 15) is 0 Å². The third-order valence-corrected chi connectivity index (χ3v) is 5.56. The largest absolute Gasteiger partial charge is 0.338 e. The Morgan fingerprint density at radius 1 is 1.13 bits per heavy atom. The summed E-state index contributed by atoms with van der Waals surface area (Å²) < 4.78 is 2.15. The zero-order valence-electron chi connectivity index (χ0n) is 13.0. The van der Waals surface area contributed by atoms with Gasteiger partial charge in [0.2, 0.25) is 5.52 Å². The lowest BCUT2D eigenvalue weighted by Crippen LogP contribution is -2.28. The Balaban J connectivity index is 1.82. The number of benzene rings is 2. The zero-order chi connectivity index (χ0) is 16.0. The van der Waals surface area contributed by atoms with Crippen LogP contribution in [0.25, 0.3) is 17.0 Å². The zero-order valence-corrected chi connectivity index (χ0v) is 14.5. The van der Waals surface area contributed by atoms with E-state index in [1.54, 1.807) is 11.8 Å². The highest BCUT2D eigenvalue weighted by Crippen LogP contribution is 2.46. The number of para-hydroxylation sites is 1. The number of aryl methyl sites for hydroxylation is 1. The van der Waals surface area contributed by atoms with Crippen molar-refractivity contribution in [2.24, 2.45) is 7.05 Å². The minimum absolute atomic E-state index is 0.781. The number of aromatic nitrogens is 1. The lowest BCUT2D eigenvalue weighted by Gasteiger charge is -2.13. The predicted octanol–water partition coefficient (Wildman–Crippen LogP) is 4.86. The lowest BCUT2D eigenvalue weighted by atomic mass is 10.1. The molecule has 23 heavy (non-hydrogen) atoms. The second-order valence-electron chi connectivity index (χ2n) is 5.65. The SMILES string of the molecule is CN1/C(=C\c2cc[n+](C)c3ccccc23)Sc2cc(Cl)ccc21. The summed E-state index contributed by atoms with van der Waals surface area (Å²) in [7, 11) is 4.18. The van der Waals surface area contributed by atoms with Crippen LogP contribution in [-0.2, 0) is 7.05 Å². The quantitative estimate of drug-likeness (QED) is 0.585. The van der Waals surface area contributed by atoms with Crippen molar-refractivity contribution in [3.05, 3.63) is 70.3 Å². The molecule has 1 aromatic heterocycles. The van der Waals surface area contributed by atoms with Crippen LogP contribution in [0.3, 0.4) is 0 Å². The van der Waals surface area contributed by atoms with Crippen LogP contribution in [0.5, 0.6) is 0 Å². The second kappa shape index (κ2) is 5.59. The molecule has 0 unspecified atom stereocenters. The Bertz CT molecular complexity index is 949. The molecule has 0 N–H and O–H groups in total. The standard InChI is InChI=1S/C19H16ClN2S/c1-21-10-9-13(15-5-3-4-6-16(15)21)11-19-22(2)17-8-7-14(20)12-18(17)23-19/h3-12H,1-2H3/q+1. The number of hydrogen-bond acceptors (Lipinski definition) is 2. The van der Waals surface area contributed by atoms with Gasteiger partial charge in [0.05, 0.1) is 16.1 Å². The van der Waals surface area contributed by atoms with Crippen molar-refractivity contribution in [3.63, 3.8) is 0 Å². The molecule has 0 saturated heterocycles. The number of hydrogen-bond donors (Lipinski definition) is 0. The average Bonchev–Trinajstić information content (AvgIpc) is 2.86. The molecule has 0 aliphatic carbocycles. The highest BCUT2D eigenvalue weighted by Gasteiger charge is 2.22. The van der Waals surface area contributed by atoms with Gasteiger partial charge in [-0.2, -0.15) is 0 Å². The maximum absolute atomic E-state index is 6.12. The summed E-state index contributed by atoms with van der Waals surface area (Å²) in [5.74, 6) is 0. The molecule has 2 nitrogen and oxygen atoms in total. The van der Waals surface area contributed by atoms with Gasteiger partial charge in [0.25, 0.3) is 0 Å². The van der Waals surface area contributed by atoms with Crippen molar-refractivity contribution < 1.29 is 4.57 Å². The Labute approximate surface area is 145 Å². The Morgan fingerprint density at radius 3 is 2.83 bits per heavy atom. The number of pyridine rings is 1. The van der Waals surface area contributed by atoms with E-state index in [-0.39, 0.29) is 0 Å².